The molecule has 1 aromatic rings. The van der Waals surface area contributed by atoms with Crippen LogP contribution in [0.25, 0.3) is 0 Å². The van der Waals surface area contributed by atoms with E-state index >= 15 is 0 Å². The Kier molecular flexibility index (Phi) is 6.44. The Morgan fingerprint density at radius 1 is 1.30 bits per heavy atom. The number of carboxylic acid groups (broad SMARTS) is 1. The number of rotatable bonds is 6. The van der Waals surface area contributed by atoms with Gasteiger partial charge in [0.1, 0.15) is 6.61 Å². The van der Waals surface area contributed by atoms with Crippen molar-refractivity contribution in [3.63, 3.8) is 0 Å². The van der Waals surface area contributed by atoms with Gasteiger partial charge in [0.15, 0.2) is 0 Å². The SMILES string of the molecule is CC1CCCC(C(CC(=O)O)NC(=O)OCc2ccccc2)C1. The van der Waals surface area contributed by atoms with Crippen LogP contribution >= 0.6 is 0 Å². The van der Waals surface area contributed by atoms with Gasteiger partial charge in [0.25, 0.3) is 0 Å². The van der Waals surface area contributed by atoms with Crippen LogP contribution in [0, 0.1) is 11.8 Å². The highest BCUT2D eigenvalue weighted by Gasteiger charge is 2.29. The van der Waals surface area contributed by atoms with Crippen LogP contribution in [0.4, 0.5) is 4.79 Å². The minimum atomic E-state index is -0.892. The molecule has 5 heteroatoms. The molecule has 5 nitrogen and oxygen atoms in total. The van der Waals surface area contributed by atoms with Gasteiger partial charge < -0.3 is 15.2 Å². The van der Waals surface area contributed by atoms with E-state index in [1.807, 2.05) is 30.3 Å². The summed E-state index contributed by atoms with van der Waals surface area (Å²) < 4.78 is 5.21. The Balaban J connectivity index is 1.88. The summed E-state index contributed by atoms with van der Waals surface area (Å²) in [6.45, 7) is 2.37. The van der Waals surface area contributed by atoms with E-state index in [4.69, 9.17) is 9.84 Å². The summed E-state index contributed by atoms with van der Waals surface area (Å²) >= 11 is 0. The maximum Gasteiger partial charge on any atom is 0.407 e. The van der Waals surface area contributed by atoms with Gasteiger partial charge in [-0.1, -0.05) is 50.1 Å². The van der Waals surface area contributed by atoms with Gasteiger partial charge in [-0.25, -0.2) is 4.79 Å². The van der Waals surface area contributed by atoms with Crippen LogP contribution in [0.5, 0.6) is 0 Å². The summed E-state index contributed by atoms with van der Waals surface area (Å²) in [7, 11) is 0. The Bertz CT molecular complexity index is 517. The molecule has 2 rings (SSSR count). The van der Waals surface area contributed by atoms with Crippen molar-refractivity contribution in [2.24, 2.45) is 11.8 Å². The van der Waals surface area contributed by atoms with Gasteiger partial charge in [-0.05, 0) is 30.2 Å². The van der Waals surface area contributed by atoms with Crippen LogP contribution in [0.2, 0.25) is 0 Å². The lowest BCUT2D eigenvalue weighted by molar-refractivity contribution is -0.138. The molecule has 1 aliphatic rings. The highest BCUT2D eigenvalue weighted by molar-refractivity contribution is 5.71. The molecule has 1 aromatic carbocycles. The van der Waals surface area contributed by atoms with E-state index in [-0.39, 0.29) is 25.0 Å². The molecule has 23 heavy (non-hydrogen) atoms. The molecule has 1 aliphatic carbocycles. The maximum absolute atomic E-state index is 12.0. The number of carboxylic acids is 1. The van der Waals surface area contributed by atoms with Gasteiger partial charge in [-0.2, -0.15) is 0 Å². The van der Waals surface area contributed by atoms with Crippen LogP contribution in [-0.4, -0.2) is 23.2 Å². The van der Waals surface area contributed by atoms with Crippen molar-refractivity contribution in [1.29, 1.82) is 0 Å². The second-order valence-electron chi connectivity index (χ2n) is 6.44. The summed E-state index contributed by atoms with van der Waals surface area (Å²) in [6, 6.07) is 9.06. The van der Waals surface area contributed by atoms with E-state index < -0.39 is 12.1 Å². The Labute approximate surface area is 137 Å². The largest absolute Gasteiger partial charge is 0.481 e. The number of nitrogens with one attached hydrogen (secondary N) is 1. The zero-order valence-electron chi connectivity index (χ0n) is 13.5. The lowest BCUT2D eigenvalue weighted by atomic mass is 9.78. The normalized spacial score (nSPS) is 22.1. The summed E-state index contributed by atoms with van der Waals surface area (Å²) in [5.41, 5.74) is 0.906. The van der Waals surface area contributed by atoms with E-state index in [9.17, 15) is 9.59 Å². The molecule has 0 radical (unpaired) electrons. The molecule has 2 N–H and O–H groups in total. The fourth-order valence-electron chi connectivity index (χ4n) is 3.29. The molecule has 126 valence electrons. The van der Waals surface area contributed by atoms with Gasteiger partial charge in [0.05, 0.1) is 6.42 Å². The van der Waals surface area contributed by atoms with Gasteiger partial charge >= 0.3 is 12.1 Å². The number of carbonyl (C=O) groups is 2. The molecule has 0 aromatic heterocycles. The molecule has 1 fully saturated rings. The lowest BCUT2D eigenvalue weighted by Gasteiger charge is -2.32. The van der Waals surface area contributed by atoms with Crippen molar-refractivity contribution in [3.05, 3.63) is 35.9 Å². The average Bonchev–Trinajstić information content (AvgIpc) is 2.53. The molecule has 0 spiro atoms. The highest BCUT2D eigenvalue weighted by Crippen LogP contribution is 2.31. The molecule has 0 heterocycles. The van der Waals surface area contributed by atoms with Crippen LogP contribution in [0.3, 0.4) is 0 Å². The number of aliphatic carboxylic acids is 1. The van der Waals surface area contributed by atoms with E-state index in [0.717, 1.165) is 24.8 Å². The van der Waals surface area contributed by atoms with Crippen molar-refractivity contribution in [3.8, 4) is 0 Å². The molecule has 3 atom stereocenters. The van der Waals surface area contributed by atoms with Crippen molar-refractivity contribution < 1.29 is 19.4 Å². The molecule has 0 aliphatic heterocycles. The van der Waals surface area contributed by atoms with E-state index in [1.54, 1.807) is 0 Å². The zero-order valence-corrected chi connectivity index (χ0v) is 13.5. The first kappa shape index (κ1) is 17.3. The van der Waals surface area contributed by atoms with Gasteiger partial charge in [0, 0.05) is 6.04 Å². The van der Waals surface area contributed by atoms with Crippen LogP contribution in [-0.2, 0) is 16.1 Å². The third kappa shape index (κ3) is 5.93. The topological polar surface area (TPSA) is 75.6 Å². The smallest absolute Gasteiger partial charge is 0.407 e. The number of hydrogen-bond donors (Lipinski definition) is 2. The molecule has 0 bridgehead atoms. The van der Waals surface area contributed by atoms with E-state index in [1.165, 1.54) is 6.42 Å². The highest BCUT2D eigenvalue weighted by atomic mass is 16.5. The monoisotopic (exact) mass is 319 g/mol. The first-order valence-electron chi connectivity index (χ1n) is 8.23. The second-order valence-corrected chi connectivity index (χ2v) is 6.44. The summed E-state index contributed by atoms with van der Waals surface area (Å²) in [5, 5.41) is 11.9. The number of benzene rings is 1. The standard InChI is InChI=1S/C18H25NO4/c1-13-6-5-9-15(10-13)16(11-17(20)21)19-18(22)23-12-14-7-3-2-4-8-14/h2-4,7-8,13,15-16H,5-6,9-12H2,1H3,(H,19,22)(H,20,21). The maximum atomic E-state index is 12.0. The van der Waals surface area contributed by atoms with Crippen LogP contribution in [0.1, 0.15) is 44.6 Å². The number of carbonyl (C=O) groups excluding carboxylic acids is 1. The molecule has 3 unspecified atom stereocenters. The minimum absolute atomic E-state index is 0.0577. The van der Waals surface area contributed by atoms with Crippen LogP contribution < -0.4 is 5.32 Å². The number of hydrogen-bond acceptors (Lipinski definition) is 3. The van der Waals surface area contributed by atoms with Gasteiger partial charge in [0.2, 0.25) is 0 Å². The first-order valence-corrected chi connectivity index (χ1v) is 8.23. The fourth-order valence-corrected chi connectivity index (χ4v) is 3.29. The third-order valence-electron chi connectivity index (χ3n) is 4.46. The predicted molar refractivity (Wildman–Crippen MR) is 86.9 cm³/mol. The lowest BCUT2D eigenvalue weighted by Crippen LogP contribution is -2.43. The van der Waals surface area contributed by atoms with E-state index in [2.05, 4.69) is 12.2 Å². The Morgan fingerprint density at radius 2 is 2.04 bits per heavy atom. The van der Waals surface area contributed by atoms with Crippen molar-refractivity contribution in [2.75, 3.05) is 0 Å². The Morgan fingerprint density at radius 3 is 2.70 bits per heavy atom. The summed E-state index contributed by atoms with van der Waals surface area (Å²) in [5.74, 6) is -0.108. The average molecular weight is 319 g/mol. The molecule has 1 saturated carbocycles. The van der Waals surface area contributed by atoms with Gasteiger partial charge in [-0.3, -0.25) is 4.79 Å². The van der Waals surface area contributed by atoms with Crippen molar-refractivity contribution in [1.82, 2.24) is 5.32 Å². The second kappa shape index (κ2) is 8.56. The van der Waals surface area contributed by atoms with Crippen molar-refractivity contribution in [2.45, 2.75) is 51.7 Å². The predicted octanol–water partition coefficient (Wildman–Crippen LogP) is 3.58. The Hall–Kier alpha value is -2.04. The molecular weight excluding hydrogens is 294 g/mol. The third-order valence-corrected chi connectivity index (χ3v) is 4.46. The zero-order chi connectivity index (χ0) is 16.7. The molecule has 1 amide bonds. The first-order chi connectivity index (χ1) is 11.0. The van der Waals surface area contributed by atoms with E-state index in [0.29, 0.717) is 5.92 Å². The number of amides is 1. The fraction of sp³-hybridized carbons (Fsp3) is 0.556. The molecule has 0 saturated heterocycles. The van der Waals surface area contributed by atoms with Crippen LogP contribution in [0.15, 0.2) is 30.3 Å². The number of ether oxygens (including phenoxy) is 1. The number of alkyl carbamates (subject to hydrolysis) is 1. The summed E-state index contributed by atoms with van der Waals surface area (Å²) in [6.07, 6.45) is 3.58. The quantitative estimate of drug-likeness (QED) is 0.840. The van der Waals surface area contributed by atoms with Gasteiger partial charge in [-0.15, -0.1) is 0 Å². The minimum Gasteiger partial charge on any atom is -0.481 e. The van der Waals surface area contributed by atoms with Crippen molar-refractivity contribution >= 4 is 12.1 Å². The molecular formula is C18H25NO4. The summed E-state index contributed by atoms with van der Waals surface area (Å²) in [4.78, 5) is 23.1.